The quantitative estimate of drug-likeness (QED) is 0.0112. The number of hydrogen-bond acceptors (Lipinski definition) is 24. The Kier molecular flexibility index (Phi) is 36.1. The number of esters is 10. The molecule has 0 aliphatic carbocycles. The van der Waals surface area contributed by atoms with Crippen molar-refractivity contribution in [1.29, 1.82) is 0 Å². The van der Waals surface area contributed by atoms with Gasteiger partial charge in [-0.3, -0.25) is 28.9 Å². The monoisotopic (exact) mass is 1890 g/mol. The smallest absolute Gasteiger partial charge is 0.393 e. The van der Waals surface area contributed by atoms with Gasteiger partial charge >= 0.3 is 70.8 Å². The molecule has 0 saturated carbocycles. The molecular weight excluding hydrogens is 1800 g/mol. The normalized spacial score (nSPS) is 10.8. The molecule has 0 spiro atoms. The summed E-state index contributed by atoms with van der Waals surface area (Å²) in [6.45, 7) is 45.7. The van der Waals surface area contributed by atoms with Crippen LogP contribution in [0.3, 0.4) is 0 Å². The predicted octanol–water partition coefficient (Wildman–Crippen LogP) is 21.8. The van der Waals surface area contributed by atoms with Gasteiger partial charge in [-0.2, -0.15) is 0 Å². The Morgan fingerprint density at radius 2 is 0.404 bits per heavy atom. The molecule has 0 bridgehead atoms. The molecule has 0 aliphatic heterocycles. The van der Waals surface area contributed by atoms with Crippen molar-refractivity contribution in [2.24, 2.45) is 5.41 Å². The Morgan fingerprint density at radius 3 is 0.582 bits per heavy atom. The summed E-state index contributed by atoms with van der Waals surface area (Å²) in [5, 5.41) is 0. The van der Waals surface area contributed by atoms with Crippen molar-refractivity contribution < 1.29 is 114 Å². The molecule has 0 saturated heterocycles. The first-order valence-corrected chi connectivity index (χ1v) is 44.2. The molecule has 0 fully saturated rings. The third kappa shape index (κ3) is 30.2. The number of carbonyl (C=O) groups is 10. The molecule has 12 aromatic carbocycles. The second-order valence-corrected chi connectivity index (χ2v) is 32.3. The van der Waals surface area contributed by atoms with Crippen LogP contribution >= 0.6 is 0 Å². The average Bonchev–Trinajstić information content (AvgIpc) is 0.806. The van der Waals surface area contributed by atoms with Gasteiger partial charge in [-0.05, 0) is 190 Å². The topological polar surface area (TPSA) is 326 Å². The Hall–Kier alpha value is -18.5. The van der Waals surface area contributed by atoms with E-state index >= 15 is 0 Å². The Morgan fingerprint density at radius 1 is 0.227 bits per heavy atom. The van der Waals surface area contributed by atoms with Crippen molar-refractivity contribution in [3.8, 4) is 90.5 Å². The van der Waals surface area contributed by atoms with Gasteiger partial charge in [0.05, 0.1) is 87.4 Å². The Balaban J connectivity index is 0.644. The fourth-order valence-corrected chi connectivity index (χ4v) is 13.8. The molecular formula is C111H90N6O24. The maximum absolute atomic E-state index is 14.6. The van der Waals surface area contributed by atoms with E-state index in [9.17, 15) is 47.9 Å². The van der Waals surface area contributed by atoms with Gasteiger partial charge in [-0.25, -0.2) is 61.3 Å². The van der Waals surface area contributed by atoms with Gasteiger partial charge in [-0.15, -0.1) is 0 Å². The molecule has 0 radical (unpaired) electrons. The summed E-state index contributed by atoms with van der Waals surface area (Å²) in [7, 11) is 0. The van der Waals surface area contributed by atoms with E-state index in [-0.39, 0.29) is 75.1 Å². The lowest BCUT2D eigenvalue weighted by atomic mass is 9.88. The molecule has 0 unspecified atom stereocenters. The molecule has 0 aliphatic rings. The van der Waals surface area contributed by atoms with Crippen LogP contribution in [0.25, 0.3) is 73.6 Å². The number of nitrogens with zero attached hydrogens (tertiary/aromatic N) is 6. The zero-order valence-electron chi connectivity index (χ0n) is 76.4. The maximum atomic E-state index is 14.6. The minimum absolute atomic E-state index is 0.173. The molecule has 708 valence electrons. The Labute approximate surface area is 812 Å². The highest BCUT2D eigenvalue weighted by atomic mass is 16.6. The number of rotatable bonds is 46. The second-order valence-electron chi connectivity index (χ2n) is 32.3. The van der Waals surface area contributed by atoms with Crippen molar-refractivity contribution in [3.05, 3.63) is 382 Å². The highest BCUT2D eigenvalue weighted by Crippen LogP contribution is 2.36. The van der Waals surface area contributed by atoms with Crippen LogP contribution in [-0.2, 0) is 57.2 Å². The fraction of sp³-hybridized carbons (Fsp3) is 0.207. The van der Waals surface area contributed by atoms with Crippen LogP contribution in [0, 0.1) is 44.8 Å². The summed E-state index contributed by atoms with van der Waals surface area (Å²) in [5.41, 5.74) is 3.93. The van der Waals surface area contributed by atoms with Gasteiger partial charge in [0.15, 0.2) is 22.7 Å². The van der Waals surface area contributed by atoms with Crippen LogP contribution in [0.2, 0.25) is 0 Å². The van der Waals surface area contributed by atoms with E-state index in [0.29, 0.717) is 68.7 Å². The van der Waals surface area contributed by atoms with E-state index in [1.807, 2.05) is 48.5 Å². The van der Waals surface area contributed by atoms with Crippen LogP contribution in [-0.4, -0.2) is 137 Å². The lowest BCUT2D eigenvalue weighted by molar-refractivity contribution is -0.158. The summed E-state index contributed by atoms with van der Waals surface area (Å²) in [5.74, 6) is -6.00. The van der Waals surface area contributed by atoms with Gasteiger partial charge in [0.1, 0.15) is 98.9 Å². The van der Waals surface area contributed by atoms with Gasteiger partial charge < -0.3 is 66.3 Å². The SMILES string of the molecule is [C-]#[N+]c1ccc(-c2ccc(OC(=O)c3ccc(OCCOC(=O)CCC(CCC(=O)OCCOc4ccc(C(=O)Oc5ccc(-c6ccc([N+]#[C-])cc6)cc5)cc4)([N+]#[C-])C(=O)OCC(C)(C)COC(=O)C(CCC(=O)OCCOc4ccc(C(=O)Oc5ccc(-c6ccc([N+]#[C-])cc6)cc5)cc4)(CCC(=O)OCCOc4ccc(C(=O)Oc5ccc(-c6ccc([N+]#[C-])cc6)cc5)cc4)[N+]#[C-])cc3)cc2)cc1. The summed E-state index contributed by atoms with van der Waals surface area (Å²) >= 11 is 0. The number of carbonyl (C=O) groups excluding carboxylic acids is 10. The summed E-state index contributed by atoms with van der Waals surface area (Å²) in [4.78, 5) is 157. The predicted molar refractivity (Wildman–Crippen MR) is 515 cm³/mol. The van der Waals surface area contributed by atoms with E-state index in [4.69, 9.17) is 106 Å². The summed E-state index contributed by atoms with van der Waals surface area (Å²) in [6, 6.07) is 79.6. The van der Waals surface area contributed by atoms with Crippen molar-refractivity contribution in [2.75, 3.05) is 66.1 Å². The third-order valence-corrected chi connectivity index (χ3v) is 21.7. The van der Waals surface area contributed by atoms with E-state index in [2.05, 4.69) is 29.1 Å². The van der Waals surface area contributed by atoms with Crippen LogP contribution < -0.4 is 37.9 Å². The molecule has 141 heavy (non-hydrogen) atoms. The fourth-order valence-electron chi connectivity index (χ4n) is 13.8. The molecule has 0 amide bonds. The number of hydrogen-bond donors (Lipinski definition) is 0. The maximum Gasteiger partial charge on any atom is 0.393 e. The Bertz CT molecular complexity index is 5910. The van der Waals surface area contributed by atoms with Crippen molar-refractivity contribution in [2.45, 2.75) is 76.3 Å². The zero-order valence-corrected chi connectivity index (χ0v) is 76.4. The first kappa shape index (κ1) is 101. The largest absolute Gasteiger partial charge is 0.490 e. The van der Waals surface area contributed by atoms with E-state index in [1.165, 1.54) is 111 Å². The lowest BCUT2D eigenvalue weighted by Gasteiger charge is -2.27. The van der Waals surface area contributed by atoms with Gasteiger partial charge in [0.25, 0.3) is 0 Å². The third-order valence-electron chi connectivity index (χ3n) is 21.7. The number of benzene rings is 12. The van der Waals surface area contributed by atoms with Crippen LogP contribution in [0.5, 0.6) is 46.0 Å². The highest BCUT2D eigenvalue weighted by molar-refractivity contribution is 5.94. The van der Waals surface area contributed by atoms with E-state index in [0.717, 1.165) is 44.5 Å². The second kappa shape index (κ2) is 50.2. The summed E-state index contributed by atoms with van der Waals surface area (Å²) in [6.07, 6.45) is -4.38. The molecule has 12 rings (SSSR count). The van der Waals surface area contributed by atoms with Crippen LogP contribution in [0.4, 0.5) is 22.7 Å². The lowest BCUT2D eigenvalue weighted by Crippen LogP contribution is -2.42. The first-order chi connectivity index (χ1) is 68.3. The molecule has 30 nitrogen and oxygen atoms in total. The van der Waals surface area contributed by atoms with Gasteiger partial charge in [-0.1, -0.05) is 159 Å². The van der Waals surface area contributed by atoms with E-state index in [1.54, 1.807) is 146 Å². The molecule has 30 heteroatoms. The van der Waals surface area contributed by atoms with Gasteiger partial charge in [0, 0.05) is 31.1 Å². The van der Waals surface area contributed by atoms with Crippen molar-refractivity contribution in [1.82, 2.24) is 0 Å². The molecule has 12 aromatic rings. The van der Waals surface area contributed by atoms with Crippen molar-refractivity contribution in [3.63, 3.8) is 0 Å². The zero-order chi connectivity index (χ0) is 99.9. The number of ether oxygens (including phenoxy) is 14. The van der Waals surface area contributed by atoms with Crippen molar-refractivity contribution >= 4 is 82.4 Å². The average molecular weight is 1890 g/mol. The van der Waals surface area contributed by atoms with Crippen LogP contribution in [0.1, 0.15) is 107 Å². The molecule has 0 aromatic heterocycles. The standard InChI is InChI=1S/C111H90N6O24/c1-109(2,73-136-107(126)110(116-7,61-57-99(118)132-69-65-128-91-41-25-83(26-42-91)103(122)138-95-49-17-79(18-50-95)75-9-33-87(112-3)34-10-75)62-58-100(119)133-70-66-129-92-43-27-84(28-44-92)104(123)139-96-51-19-80(20-52-96)76-11-35-88(113-4)36-12-76)74-137-108(127)111(117-8,63-59-101(120)134-71-67-130-93-45-29-85(30-46-93)105(124)140-97-53-21-81(22-54-97)77-13-37-89(114-5)38-14-77)64-60-102(121)135-72-68-131-94-47-31-86(32-48-94)106(125)141-98-55-23-82(24-56-98)78-15-39-90(115-6)40-16-78/h9-56H,57-74H2,1-2H3. The minimum atomic E-state index is -2.25. The minimum Gasteiger partial charge on any atom is -0.490 e. The van der Waals surface area contributed by atoms with E-state index < -0.39 is 141 Å². The molecule has 0 atom stereocenters. The van der Waals surface area contributed by atoms with Crippen LogP contribution in [0.15, 0.2) is 291 Å². The first-order valence-electron chi connectivity index (χ1n) is 44.2. The highest BCUT2D eigenvalue weighted by Gasteiger charge is 2.50. The summed E-state index contributed by atoms with van der Waals surface area (Å²) < 4.78 is 78.9. The molecule has 0 heterocycles. The van der Waals surface area contributed by atoms with Gasteiger partial charge in [0.2, 0.25) is 0 Å². The molecule has 0 N–H and O–H groups in total.